The number of aliphatic hydroxyl groups is 6. The van der Waals surface area contributed by atoms with Crippen LogP contribution in [0.15, 0.2) is 0 Å². The summed E-state index contributed by atoms with van der Waals surface area (Å²) in [5.41, 5.74) is -0.211. The van der Waals surface area contributed by atoms with Crippen molar-refractivity contribution in [2.75, 3.05) is 26.8 Å². The number of hydrogen-bond donors (Lipinski definition) is 6. The molecule has 0 radical (unpaired) electrons. The fourth-order valence-electron chi connectivity index (χ4n) is 17.4. The summed E-state index contributed by atoms with van der Waals surface area (Å²) in [5.74, 6) is 2.52. The molecule has 12 nitrogen and oxygen atoms in total. The van der Waals surface area contributed by atoms with Crippen LogP contribution in [-0.2, 0) is 28.5 Å². The SMILES string of the molecule is CC(CCC(=O)OCOCCOCOC(=O)CCC(C)C1CCC2C3C(O)C[C@H]4CC(O)CCC4(C)C3CC(O)C12C)C1CCC2C1C(O)CC1C2C(O)CC2CC(O)CCC21C. The predicted molar refractivity (Wildman–Crippen MR) is 234 cm³/mol. The Morgan fingerprint density at radius 3 is 1.68 bits per heavy atom. The van der Waals surface area contributed by atoms with Gasteiger partial charge in [-0.15, -0.1) is 0 Å². The average Bonchev–Trinajstić information content (AvgIpc) is 3.85. The Balaban J connectivity index is 0.689. The van der Waals surface area contributed by atoms with Crippen molar-refractivity contribution in [1.29, 1.82) is 0 Å². The fourth-order valence-corrected chi connectivity index (χ4v) is 17.4. The summed E-state index contributed by atoms with van der Waals surface area (Å²) in [4.78, 5) is 25.4. The highest BCUT2D eigenvalue weighted by Gasteiger charge is 2.66. The van der Waals surface area contributed by atoms with Gasteiger partial charge in [-0.25, -0.2) is 0 Å². The molecule has 21 unspecified atom stereocenters. The van der Waals surface area contributed by atoms with Gasteiger partial charge in [0.05, 0.1) is 49.8 Å². The van der Waals surface area contributed by atoms with Gasteiger partial charge in [0.2, 0.25) is 0 Å². The van der Waals surface area contributed by atoms with Crippen LogP contribution in [0.5, 0.6) is 0 Å². The van der Waals surface area contributed by atoms with Gasteiger partial charge in [-0.1, -0.05) is 34.6 Å². The molecular formula is C51H84O12. The van der Waals surface area contributed by atoms with E-state index in [1.807, 2.05) is 0 Å². The molecule has 0 aliphatic heterocycles. The van der Waals surface area contributed by atoms with E-state index in [2.05, 4.69) is 34.6 Å². The third-order valence-corrected chi connectivity index (χ3v) is 20.9. The molecule has 8 saturated carbocycles. The van der Waals surface area contributed by atoms with E-state index in [0.717, 1.165) is 83.5 Å². The molecule has 63 heavy (non-hydrogen) atoms. The number of carbonyl (C=O) groups excluding carboxylic acids is 2. The number of hydrogen-bond acceptors (Lipinski definition) is 12. The smallest absolute Gasteiger partial charge is 0.307 e. The molecule has 0 heterocycles. The topological polar surface area (TPSA) is 192 Å². The highest BCUT2D eigenvalue weighted by atomic mass is 16.7. The molecule has 6 N–H and O–H groups in total. The van der Waals surface area contributed by atoms with E-state index in [4.69, 9.17) is 18.9 Å². The highest BCUT2D eigenvalue weighted by Crippen LogP contribution is 2.69. The molecule has 360 valence electrons. The van der Waals surface area contributed by atoms with Crippen molar-refractivity contribution in [3.8, 4) is 0 Å². The van der Waals surface area contributed by atoms with E-state index in [9.17, 15) is 40.2 Å². The van der Waals surface area contributed by atoms with Crippen LogP contribution in [0.3, 0.4) is 0 Å². The second kappa shape index (κ2) is 19.3. The largest absolute Gasteiger partial charge is 0.438 e. The number of esters is 2. The quantitative estimate of drug-likeness (QED) is 0.0605. The van der Waals surface area contributed by atoms with E-state index in [1.54, 1.807) is 0 Å². The lowest BCUT2D eigenvalue weighted by Gasteiger charge is -2.63. The van der Waals surface area contributed by atoms with Crippen molar-refractivity contribution in [3.63, 3.8) is 0 Å². The van der Waals surface area contributed by atoms with Gasteiger partial charge in [0, 0.05) is 12.8 Å². The minimum Gasteiger partial charge on any atom is -0.438 e. The van der Waals surface area contributed by atoms with Crippen LogP contribution in [0.4, 0.5) is 0 Å². The molecule has 8 aliphatic rings. The number of aliphatic hydroxyl groups excluding tert-OH is 6. The number of rotatable bonds is 15. The summed E-state index contributed by atoms with van der Waals surface area (Å²) < 4.78 is 21.6. The van der Waals surface area contributed by atoms with Gasteiger partial charge >= 0.3 is 11.9 Å². The molecular weight excluding hydrogens is 805 g/mol. The summed E-state index contributed by atoms with van der Waals surface area (Å²) in [6, 6.07) is 0. The average molecular weight is 889 g/mol. The maximum absolute atomic E-state index is 12.7. The standard InChI is InChI=1S/C51H84O12/c1-28(34-8-9-35-46(34)42(56)24-38-47(35)40(54)22-30-20-32(52)14-16-49(30,38)3)6-12-44(58)62-26-60-18-19-61-27-63-45(59)13-7-29(2)36-10-11-37-48-39(25-43(57)51(36,37)5)50(4)17-15-33(53)21-31(50)23-41(48)55/h28-43,46-48,52-57H,6-27H2,1-5H3/t28?,29?,30?,31-,32?,33?,34?,35?,36?,37?,38?,39?,40?,41?,42?,43?,46?,47?,48?,49?,50?,51?/m1/s1. The van der Waals surface area contributed by atoms with Gasteiger partial charge in [0.1, 0.15) is 0 Å². The molecule has 0 aromatic heterocycles. The Hall–Kier alpha value is -1.38. The lowest BCUT2D eigenvalue weighted by molar-refractivity contribution is -0.207. The molecule has 8 fully saturated rings. The monoisotopic (exact) mass is 889 g/mol. The van der Waals surface area contributed by atoms with Crippen LogP contribution in [-0.4, -0.2) is 106 Å². The molecule has 0 spiro atoms. The van der Waals surface area contributed by atoms with Gasteiger partial charge in [-0.3, -0.25) is 9.59 Å². The molecule has 0 aromatic rings. The molecule has 0 amide bonds. The van der Waals surface area contributed by atoms with Crippen molar-refractivity contribution < 1.29 is 59.2 Å². The minimum atomic E-state index is -0.459. The van der Waals surface area contributed by atoms with Crippen LogP contribution in [0.2, 0.25) is 0 Å². The molecule has 0 aromatic carbocycles. The first-order chi connectivity index (χ1) is 30.0. The van der Waals surface area contributed by atoms with Gasteiger partial charge in [0.15, 0.2) is 13.6 Å². The molecule has 8 aliphatic carbocycles. The van der Waals surface area contributed by atoms with Crippen LogP contribution in [0, 0.1) is 93.2 Å². The Morgan fingerprint density at radius 1 is 0.571 bits per heavy atom. The highest BCUT2D eigenvalue weighted by molar-refractivity contribution is 5.69. The Labute approximate surface area is 376 Å². The van der Waals surface area contributed by atoms with Gasteiger partial charge in [-0.05, 0) is 196 Å². The first-order valence-corrected chi connectivity index (χ1v) is 25.5. The molecule has 0 bridgehead atoms. The van der Waals surface area contributed by atoms with Gasteiger partial charge in [-0.2, -0.15) is 0 Å². The summed E-state index contributed by atoms with van der Waals surface area (Å²) in [7, 11) is 0. The third-order valence-electron chi connectivity index (χ3n) is 20.9. The van der Waals surface area contributed by atoms with Crippen molar-refractivity contribution in [2.24, 2.45) is 93.2 Å². The van der Waals surface area contributed by atoms with Crippen molar-refractivity contribution in [2.45, 2.75) is 187 Å². The number of fused-ring (bicyclic) bond motifs is 10. The molecule has 22 atom stereocenters. The summed E-state index contributed by atoms with van der Waals surface area (Å²) >= 11 is 0. The van der Waals surface area contributed by atoms with E-state index in [0.29, 0.717) is 42.9 Å². The Bertz CT molecular complexity index is 1580. The van der Waals surface area contributed by atoms with Crippen LogP contribution in [0.1, 0.15) is 150 Å². The maximum Gasteiger partial charge on any atom is 0.307 e. The lowest BCUT2D eigenvalue weighted by Crippen LogP contribution is -2.62. The van der Waals surface area contributed by atoms with Crippen molar-refractivity contribution >= 4 is 11.9 Å². The predicted octanol–water partition coefficient (Wildman–Crippen LogP) is 6.39. The summed E-state index contributed by atoms with van der Waals surface area (Å²) in [6.45, 7) is 11.3. The zero-order valence-electron chi connectivity index (χ0n) is 39.2. The first kappa shape index (κ1) is 48.1. The zero-order chi connectivity index (χ0) is 45.0. The summed E-state index contributed by atoms with van der Waals surface area (Å²) in [6.07, 6.45) is 11.5. The van der Waals surface area contributed by atoms with Gasteiger partial charge < -0.3 is 49.6 Å². The summed E-state index contributed by atoms with van der Waals surface area (Å²) in [5, 5.41) is 67.3. The lowest BCUT2D eigenvalue weighted by atomic mass is 9.43. The second-order valence-corrected chi connectivity index (χ2v) is 23.5. The number of ether oxygens (including phenoxy) is 4. The van der Waals surface area contributed by atoms with Crippen LogP contribution in [0.25, 0.3) is 0 Å². The normalized spacial score (nSPS) is 48.7. The van der Waals surface area contributed by atoms with Gasteiger partial charge in [0.25, 0.3) is 0 Å². The van der Waals surface area contributed by atoms with E-state index >= 15 is 0 Å². The maximum atomic E-state index is 12.7. The third kappa shape index (κ3) is 9.06. The van der Waals surface area contributed by atoms with Crippen molar-refractivity contribution in [3.05, 3.63) is 0 Å². The minimum absolute atomic E-state index is 0.0419. The Morgan fingerprint density at radius 2 is 1.10 bits per heavy atom. The molecule has 0 saturated heterocycles. The molecule has 8 rings (SSSR count). The molecule has 12 heteroatoms. The number of carbonyl (C=O) groups is 2. The van der Waals surface area contributed by atoms with Crippen LogP contribution >= 0.6 is 0 Å². The van der Waals surface area contributed by atoms with E-state index in [-0.39, 0.29) is 139 Å². The van der Waals surface area contributed by atoms with Crippen molar-refractivity contribution in [1.82, 2.24) is 0 Å². The van der Waals surface area contributed by atoms with E-state index in [1.165, 1.54) is 0 Å². The second-order valence-electron chi connectivity index (χ2n) is 23.5. The Kier molecular flexibility index (Phi) is 14.7. The first-order valence-electron chi connectivity index (χ1n) is 25.5. The zero-order valence-corrected chi connectivity index (χ0v) is 39.2. The fraction of sp³-hybridized carbons (Fsp3) is 0.961. The van der Waals surface area contributed by atoms with E-state index < -0.39 is 18.3 Å². The van der Waals surface area contributed by atoms with Crippen LogP contribution < -0.4 is 0 Å².